The van der Waals surface area contributed by atoms with Crippen LogP contribution >= 0.6 is 0 Å². The maximum Gasteiger partial charge on any atom is 0.275 e. The minimum absolute atomic E-state index is 0.154. The van der Waals surface area contributed by atoms with E-state index in [2.05, 4.69) is 27.7 Å². The van der Waals surface area contributed by atoms with E-state index in [0.717, 1.165) is 6.42 Å². The molecule has 1 aromatic heterocycles. The summed E-state index contributed by atoms with van der Waals surface area (Å²) in [6.45, 7) is 2.16. The normalized spacial score (nSPS) is 25.3. The highest BCUT2D eigenvalue weighted by Crippen LogP contribution is 2.24. The number of nitrogen functional groups attached to an aromatic ring is 1. The molecule has 1 amide bonds. The first kappa shape index (κ1) is 10.9. The predicted molar refractivity (Wildman–Crippen MR) is 59.7 cm³/mol. The predicted octanol–water partition coefficient (Wildman–Crippen LogP) is 0.695. The number of aromatic amines is 1. The van der Waals surface area contributed by atoms with Crippen molar-refractivity contribution in [2.45, 2.75) is 38.6 Å². The van der Waals surface area contributed by atoms with Crippen molar-refractivity contribution >= 4 is 11.7 Å². The Morgan fingerprint density at radius 2 is 2.19 bits per heavy atom. The number of aromatic nitrogens is 3. The van der Waals surface area contributed by atoms with Gasteiger partial charge in [-0.05, 0) is 18.8 Å². The average molecular weight is 223 g/mol. The van der Waals surface area contributed by atoms with E-state index >= 15 is 0 Å². The zero-order valence-electron chi connectivity index (χ0n) is 9.36. The Morgan fingerprint density at radius 3 is 2.81 bits per heavy atom. The molecule has 6 nitrogen and oxygen atoms in total. The number of carbonyl (C=O) groups is 1. The lowest BCUT2D eigenvalue weighted by Crippen LogP contribution is -2.41. The number of carbonyl (C=O) groups excluding carboxylic acids is 1. The van der Waals surface area contributed by atoms with Crippen molar-refractivity contribution < 1.29 is 4.79 Å². The van der Waals surface area contributed by atoms with Gasteiger partial charge in [-0.2, -0.15) is 5.21 Å². The van der Waals surface area contributed by atoms with Gasteiger partial charge in [0.1, 0.15) is 0 Å². The lowest BCUT2D eigenvalue weighted by molar-refractivity contribution is 0.0906. The average Bonchev–Trinajstić information content (AvgIpc) is 2.68. The maximum absolute atomic E-state index is 11.8. The van der Waals surface area contributed by atoms with Crippen LogP contribution in [0.1, 0.15) is 43.1 Å². The number of hydrogen-bond acceptors (Lipinski definition) is 4. The summed E-state index contributed by atoms with van der Waals surface area (Å²) in [7, 11) is 0. The van der Waals surface area contributed by atoms with E-state index in [0.29, 0.717) is 5.92 Å². The molecular weight excluding hydrogens is 206 g/mol. The minimum atomic E-state index is -0.231. The summed E-state index contributed by atoms with van der Waals surface area (Å²) in [6, 6.07) is 0.234. The molecular formula is C10H17N5O. The van der Waals surface area contributed by atoms with E-state index in [-0.39, 0.29) is 23.5 Å². The fourth-order valence-corrected chi connectivity index (χ4v) is 2.17. The van der Waals surface area contributed by atoms with E-state index in [1.165, 1.54) is 19.3 Å². The molecule has 1 heterocycles. The molecule has 88 valence electrons. The Morgan fingerprint density at radius 1 is 1.44 bits per heavy atom. The van der Waals surface area contributed by atoms with Crippen molar-refractivity contribution in [1.82, 2.24) is 20.7 Å². The van der Waals surface area contributed by atoms with Crippen LogP contribution in [0.25, 0.3) is 0 Å². The van der Waals surface area contributed by atoms with Gasteiger partial charge < -0.3 is 11.1 Å². The first-order valence-corrected chi connectivity index (χ1v) is 5.65. The monoisotopic (exact) mass is 223 g/mol. The molecule has 0 aliphatic heterocycles. The highest BCUT2D eigenvalue weighted by atomic mass is 16.2. The van der Waals surface area contributed by atoms with Gasteiger partial charge >= 0.3 is 0 Å². The second-order valence-electron chi connectivity index (χ2n) is 4.40. The molecule has 2 atom stereocenters. The molecule has 0 radical (unpaired) electrons. The van der Waals surface area contributed by atoms with Crippen molar-refractivity contribution in [3.63, 3.8) is 0 Å². The number of nitrogens with two attached hydrogens (primary N) is 1. The largest absolute Gasteiger partial charge is 0.380 e. The summed E-state index contributed by atoms with van der Waals surface area (Å²) in [6.07, 6.45) is 4.62. The summed E-state index contributed by atoms with van der Waals surface area (Å²) in [5.74, 6) is 0.441. The number of hydrogen-bond donors (Lipinski definition) is 3. The molecule has 1 saturated carbocycles. The van der Waals surface area contributed by atoms with Crippen LogP contribution in [0.2, 0.25) is 0 Å². The molecule has 4 N–H and O–H groups in total. The van der Waals surface area contributed by atoms with E-state index in [4.69, 9.17) is 5.73 Å². The van der Waals surface area contributed by atoms with Crippen LogP contribution in [0.15, 0.2) is 0 Å². The third-order valence-corrected chi connectivity index (χ3v) is 3.22. The summed E-state index contributed by atoms with van der Waals surface area (Å²) < 4.78 is 0. The summed E-state index contributed by atoms with van der Waals surface area (Å²) in [4.78, 5) is 11.8. The molecule has 0 saturated heterocycles. The molecule has 2 unspecified atom stereocenters. The fraction of sp³-hybridized carbons (Fsp3) is 0.700. The van der Waals surface area contributed by atoms with Crippen LogP contribution in [0.3, 0.4) is 0 Å². The van der Waals surface area contributed by atoms with Gasteiger partial charge in [0.2, 0.25) is 0 Å². The molecule has 1 aliphatic carbocycles. The van der Waals surface area contributed by atoms with Crippen LogP contribution in [0.5, 0.6) is 0 Å². The SMILES string of the molecule is CC1CCCCC1NC(=O)c1n[nH]nc1N. The Balaban J connectivity index is 1.99. The van der Waals surface area contributed by atoms with Gasteiger partial charge in [0, 0.05) is 6.04 Å². The van der Waals surface area contributed by atoms with Crippen LogP contribution in [-0.4, -0.2) is 27.4 Å². The highest BCUT2D eigenvalue weighted by molar-refractivity contribution is 5.96. The van der Waals surface area contributed by atoms with Crippen LogP contribution in [-0.2, 0) is 0 Å². The zero-order valence-corrected chi connectivity index (χ0v) is 9.36. The van der Waals surface area contributed by atoms with Crippen LogP contribution in [0, 0.1) is 5.92 Å². The first-order chi connectivity index (χ1) is 7.68. The van der Waals surface area contributed by atoms with Crippen molar-refractivity contribution in [2.24, 2.45) is 5.92 Å². The zero-order chi connectivity index (χ0) is 11.5. The number of H-pyrrole nitrogens is 1. The van der Waals surface area contributed by atoms with E-state index in [9.17, 15) is 4.79 Å². The first-order valence-electron chi connectivity index (χ1n) is 5.65. The van der Waals surface area contributed by atoms with Crippen molar-refractivity contribution in [3.8, 4) is 0 Å². The van der Waals surface area contributed by atoms with Crippen LogP contribution in [0.4, 0.5) is 5.82 Å². The summed E-state index contributed by atoms with van der Waals surface area (Å²) in [5.41, 5.74) is 5.71. The third kappa shape index (κ3) is 2.15. The lowest BCUT2D eigenvalue weighted by atomic mass is 9.86. The Hall–Kier alpha value is -1.59. The molecule has 1 fully saturated rings. The molecule has 16 heavy (non-hydrogen) atoms. The fourth-order valence-electron chi connectivity index (χ4n) is 2.17. The van der Waals surface area contributed by atoms with E-state index < -0.39 is 0 Å². The van der Waals surface area contributed by atoms with E-state index in [1.54, 1.807) is 0 Å². The number of amides is 1. The number of nitrogens with one attached hydrogen (secondary N) is 2. The molecule has 0 spiro atoms. The quantitative estimate of drug-likeness (QED) is 0.687. The molecule has 0 aromatic carbocycles. The number of nitrogens with zero attached hydrogens (tertiary/aromatic N) is 2. The van der Waals surface area contributed by atoms with Crippen LogP contribution < -0.4 is 11.1 Å². The second-order valence-corrected chi connectivity index (χ2v) is 4.40. The van der Waals surface area contributed by atoms with Gasteiger partial charge in [0.25, 0.3) is 5.91 Å². The van der Waals surface area contributed by atoms with Crippen molar-refractivity contribution in [1.29, 1.82) is 0 Å². The van der Waals surface area contributed by atoms with Gasteiger partial charge in [-0.25, -0.2) is 0 Å². The lowest BCUT2D eigenvalue weighted by Gasteiger charge is -2.29. The van der Waals surface area contributed by atoms with Gasteiger partial charge in [0.15, 0.2) is 11.5 Å². The van der Waals surface area contributed by atoms with Crippen molar-refractivity contribution in [2.75, 3.05) is 5.73 Å². The molecule has 1 aliphatic rings. The maximum atomic E-state index is 11.8. The topological polar surface area (TPSA) is 96.7 Å². The molecule has 1 aromatic rings. The van der Waals surface area contributed by atoms with Crippen molar-refractivity contribution in [3.05, 3.63) is 5.69 Å². The molecule has 2 rings (SSSR count). The standard InChI is InChI=1S/C10H17N5O/c1-6-4-2-3-5-7(6)12-10(16)8-9(11)14-15-13-8/h6-7H,2-5H2,1H3,(H,12,16)(H3,11,13,14,15). The van der Waals surface area contributed by atoms with Gasteiger partial charge in [-0.1, -0.05) is 19.8 Å². The Bertz CT molecular complexity index is 375. The van der Waals surface area contributed by atoms with E-state index in [1.807, 2.05) is 0 Å². The smallest absolute Gasteiger partial charge is 0.275 e. The molecule has 6 heteroatoms. The highest BCUT2D eigenvalue weighted by Gasteiger charge is 2.25. The number of anilines is 1. The van der Waals surface area contributed by atoms with Gasteiger partial charge in [0.05, 0.1) is 0 Å². The second kappa shape index (κ2) is 4.51. The summed E-state index contributed by atoms with van der Waals surface area (Å²) in [5, 5.41) is 12.7. The third-order valence-electron chi connectivity index (χ3n) is 3.22. The Kier molecular flexibility index (Phi) is 3.07. The Labute approximate surface area is 94.0 Å². The summed E-state index contributed by atoms with van der Waals surface area (Å²) >= 11 is 0. The number of rotatable bonds is 2. The molecule has 0 bridgehead atoms. The minimum Gasteiger partial charge on any atom is -0.380 e. The van der Waals surface area contributed by atoms with Gasteiger partial charge in [-0.15, -0.1) is 10.2 Å². The van der Waals surface area contributed by atoms with Gasteiger partial charge in [-0.3, -0.25) is 4.79 Å².